The first-order valence-corrected chi connectivity index (χ1v) is 12.7. The van der Waals surface area contributed by atoms with Crippen molar-refractivity contribution in [2.45, 2.75) is 26.3 Å². The summed E-state index contributed by atoms with van der Waals surface area (Å²) in [5.41, 5.74) is 2.80. The van der Waals surface area contributed by atoms with E-state index in [0.717, 1.165) is 43.8 Å². The van der Waals surface area contributed by atoms with Crippen LogP contribution < -0.4 is 14.5 Å². The third-order valence-electron chi connectivity index (χ3n) is 6.90. The van der Waals surface area contributed by atoms with Crippen molar-refractivity contribution >= 4 is 11.4 Å². The Morgan fingerprint density at radius 1 is 1.00 bits per heavy atom. The van der Waals surface area contributed by atoms with E-state index in [-0.39, 0.29) is 24.1 Å². The molecular formula is C27H32F2N6O2. The zero-order valence-corrected chi connectivity index (χ0v) is 21.2. The summed E-state index contributed by atoms with van der Waals surface area (Å²) in [7, 11) is 0. The van der Waals surface area contributed by atoms with Gasteiger partial charge in [-0.1, -0.05) is 0 Å². The number of halogens is 2. The second-order valence-corrected chi connectivity index (χ2v) is 9.66. The van der Waals surface area contributed by atoms with E-state index in [1.165, 1.54) is 6.07 Å². The van der Waals surface area contributed by atoms with E-state index >= 15 is 0 Å². The standard InChI is InChI=1S/C27H32F2N6O2/c1-18(2)35-10-12-37-27-22(28)13-19(14-24(27)35)26-23(29)17-31-25(32-26)15-20-3-4-21(16-30-20)34-7-5-33(6-8-34)9-11-36/h3-4,13-14,16-18,36H,5-12,15H2,1-2H3. The maximum Gasteiger partial charge on any atom is 0.178 e. The Balaban J connectivity index is 1.34. The monoisotopic (exact) mass is 510 g/mol. The van der Waals surface area contributed by atoms with Gasteiger partial charge in [-0.05, 0) is 38.1 Å². The van der Waals surface area contributed by atoms with E-state index in [0.29, 0.717) is 43.2 Å². The molecule has 196 valence electrons. The highest BCUT2D eigenvalue weighted by Crippen LogP contribution is 2.39. The van der Waals surface area contributed by atoms with Crippen LogP contribution in [0.1, 0.15) is 25.4 Å². The van der Waals surface area contributed by atoms with Crippen LogP contribution in [0.5, 0.6) is 5.75 Å². The third-order valence-corrected chi connectivity index (χ3v) is 6.90. The zero-order chi connectivity index (χ0) is 25.9. The van der Waals surface area contributed by atoms with Gasteiger partial charge in [0.2, 0.25) is 0 Å². The number of fused-ring (bicyclic) bond motifs is 1. The van der Waals surface area contributed by atoms with E-state index in [4.69, 9.17) is 9.84 Å². The van der Waals surface area contributed by atoms with E-state index in [1.54, 1.807) is 6.07 Å². The Morgan fingerprint density at radius 3 is 2.51 bits per heavy atom. The minimum atomic E-state index is -0.612. The van der Waals surface area contributed by atoms with Crippen LogP contribution in [0.15, 0.2) is 36.7 Å². The Labute approximate surface area is 215 Å². The molecule has 0 amide bonds. The number of pyridine rings is 1. The zero-order valence-electron chi connectivity index (χ0n) is 21.2. The van der Waals surface area contributed by atoms with Gasteiger partial charge < -0.3 is 19.6 Å². The van der Waals surface area contributed by atoms with Gasteiger partial charge in [0.15, 0.2) is 17.4 Å². The van der Waals surface area contributed by atoms with Crippen LogP contribution in [-0.4, -0.2) is 83.5 Å². The van der Waals surface area contributed by atoms with Gasteiger partial charge in [-0.25, -0.2) is 18.7 Å². The molecule has 0 radical (unpaired) electrons. The summed E-state index contributed by atoms with van der Waals surface area (Å²) in [5.74, 6) is -0.548. The van der Waals surface area contributed by atoms with Gasteiger partial charge >= 0.3 is 0 Å². The number of hydrogen-bond donors (Lipinski definition) is 1. The molecule has 1 aromatic carbocycles. The fourth-order valence-electron chi connectivity index (χ4n) is 4.91. The smallest absolute Gasteiger partial charge is 0.178 e. The van der Waals surface area contributed by atoms with Gasteiger partial charge in [0.1, 0.15) is 18.1 Å². The number of β-amino-alcohol motifs (C(OH)–C–C–N with tert-alkyl or cyclic N) is 1. The number of rotatable bonds is 7. The Hall–Kier alpha value is -3.37. The first-order chi connectivity index (χ1) is 17.9. The molecule has 1 saturated heterocycles. The van der Waals surface area contributed by atoms with Crippen LogP contribution in [-0.2, 0) is 6.42 Å². The number of hydrogen-bond acceptors (Lipinski definition) is 8. The van der Waals surface area contributed by atoms with Crippen molar-refractivity contribution in [2.24, 2.45) is 0 Å². The number of aliphatic hydroxyl groups excluding tert-OH is 1. The largest absolute Gasteiger partial charge is 0.486 e. The van der Waals surface area contributed by atoms with Gasteiger partial charge in [0.25, 0.3) is 0 Å². The number of piperazine rings is 1. The molecular weight excluding hydrogens is 478 g/mol. The molecule has 3 aromatic rings. The predicted octanol–water partition coefficient (Wildman–Crippen LogP) is 3.13. The second-order valence-electron chi connectivity index (χ2n) is 9.66. The topological polar surface area (TPSA) is 77.9 Å². The lowest BCUT2D eigenvalue weighted by Gasteiger charge is -2.35. The minimum Gasteiger partial charge on any atom is -0.486 e. The normalized spacial score (nSPS) is 16.2. The average molecular weight is 511 g/mol. The van der Waals surface area contributed by atoms with Gasteiger partial charge in [-0.3, -0.25) is 9.88 Å². The van der Waals surface area contributed by atoms with Crippen molar-refractivity contribution in [2.75, 3.05) is 62.3 Å². The van der Waals surface area contributed by atoms with Gasteiger partial charge in [-0.15, -0.1) is 0 Å². The van der Waals surface area contributed by atoms with Crippen LogP contribution in [0.4, 0.5) is 20.2 Å². The quantitative estimate of drug-likeness (QED) is 0.520. The first kappa shape index (κ1) is 25.3. The van der Waals surface area contributed by atoms with Gasteiger partial charge in [0, 0.05) is 50.0 Å². The van der Waals surface area contributed by atoms with Crippen molar-refractivity contribution in [1.82, 2.24) is 19.9 Å². The lowest BCUT2D eigenvalue weighted by molar-refractivity contribution is 0.189. The van der Waals surface area contributed by atoms with E-state index in [2.05, 4.69) is 24.8 Å². The molecule has 8 nitrogen and oxygen atoms in total. The Bertz CT molecular complexity index is 1230. The lowest BCUT2D eigenvalue weighted by atomic mass is 10.1. The molecule has 0 bridgehead atoms. The summed E-state index contributed by atoms with van der Waals surface area (Å²) in [5, 5.41) is 9.12. The van der Waals surface area contributed by atoms with Gasteiger partial charge in [-0.2, -0.15) is 0 Å². The van der Waals surface area contributed by atoms with Crippen molar-refractivity contribution < 1.29 is 18.6 Å². The number of anilines is 2. The van der Waals surface area contributed by atoms with Crippen LogP contribution in [0.25, 0.3) is 11.3 Å². The number of benzene rings is 1. The van der Waals surface area contributed by atoms with E-state index < -0.39 is 11.6 Å². The Kier molecular flexibility index (Phi) is 7.48. The van der Waals surface area contributed by atoms with E-state index in [9.17, 15) is 8.78 Å². The fourth-order valence-corrected chi connectivity index (χ4v) is 4.91. The summed E-state index contributed by atoms with van der Waals surface area (Å²) >= 11 is 0. The minimum absolute atomic E-state index is 0.0540. The van der Waals surface area contributed by atoms with Crippen molar-refractivity contribution in [3.8, 4) is 17.0 Å². The molecule has 0 unspecified atom stereocenters. The van der Waals surface area contributed by atoms with Crippen LogP contribution in [0, 0.1) is 11.6 Å². The SMILES string of the molecule is CC(C)N1CCOc2c(F)cc(-c3nc(Cc4ccc(N5CCN(CCO)CC5)cn4)ncc3F)cc21. The fraction of sp³-hybridized carbons (Fsp3) is 0.444. The molecule has 0 spiro atoms. The molecule has 37 heavy (non-hydrogen) atoms. The summed E-state index contributed by atoms with van der Waals surface area (Å²) in [4.78, 5) is 19.7. The second kappa shape index (κ2) is 10.9. The molecule has 2 aliphatic rings. The number of aliphatic hydroxyl groups is 1. The van der Waals surface area contributed by atoms with Gasteiger partial charge in [0.05, 0.1) is 43.3 Å². The van der Waals surface area contributed by atoms with E-state index in [1.807, 2.05) is 37.1 Å². The first-order valence-electron chi connectivity index (χ1n) is 12.7. The number of ether oxygens (including phenoxy) is 1. The summed E-state index contributed by atoms with van der Waals surface area (Å²) in [6, 6.07) is 7.10. The Morgan fingerprint density at radius 2 is 1.81 bits per heavy atom. The average Bonchev–Trinajstić information content (AvgIpc) is 2.90. The maximum absolute atomic E-state index is 14.9. The molecule has 2 aromatic heterocycles. The molecule has 1 N–H and O–H groups in total. The van der Waals surface area contributed by atoms with Crippen molar-refractivity contribution in [3.63, 3.8) is 0 Å². The van der Waals surface area contributed by atoms with Crippen molar-refractivity contribution in [3.05, 3.63) is 59.8 Å². The molecule has 0 atom stereocenters. The maximum atomic E-state index is 14.9. The van der Waals surface area contributed by atoms with Crippen LogP contribution >= 0.6 is 0 Å². The molecule has 4 heterocycles. The number of aromatic nitrogens is 3. The third kappa shape index (κ3) is 5.50. The molecule has 0 aliphatic carbocycles. The van der Waals surface area contributed by atoms with Crippen LogP contribution in [0.3, 0.4) is 0 Å². The van der Waals surface area contributed by atoms with Crippen molar-refractivity contribution in [1.29, 1.82) is 0 Å². The molecule has 5 rings (SSSR count). The summed E-state index contributed by atoms with van der Waals surface area (Å²) in [6.45, 7) is 9.52. The summed E-state index contributed by atoms with van der Waals surface area (Å²) in [6.07, 6.45) is 3.29. The molecule has 0 saturated carbocycles. The predicted molar refractivity (Wildman–Crippen MR) is 138 cm³/mol. The highest BCUT2D eigenvalue weighted by Gasteiger charge is 2.26. The molecule has 1 fully saturated rings. The molecule has 2 aliphatic heterocycles. The molecule has 10 heteroatoms. The number of nitrogens with zero attached hydrogens (tertiary/aromatic N) is 6. The highest BCUT2D eigenvalue weighted by molar-refractivity contribution is 5.72. The highest BCUT2D eigenvalue weighted by atomic mass is 19.1. The lowest BCUT2D eigenvalue weighted by Crippen LogP contribution is -2.47. The van der Waals surface area contributed by atoms with Crippen LogP contribution in [0.2, 0.25) is 0 Å². The summed E-state index contributed by atoms with van der Waals surface area (Å²) < 4.78 is 35.3.